The van der Waals surface area contributed by atoms with Crippen molar-refractivity contribution < 1.29 is 15.0 Å². The van der Waals surface area contributed by atoms with Gasteiger partial charge in [0, 0.05) is 17.5 Å². The van der Waals surface area contributed by atoms with Gasteiger partial charge in [-0.1, -0.05) is 26.0 Å². The zero-order valence-corrected chi connectivity index (χ0v) is 13.6. The van der Waals surface area contributed by atoms with Crippen molar-refractivity contribution in [3.05, 3.63) is 29.3 Å². The molecule has 0 heterocycles. The molecule has 0 fully saturated rings. The van der Waals surface area contributed by atoms with Crippen LogP contribution in [0.3, 0.4) is 0 Å². The number of phenols is 1. The molecule has 1 aliphatic rings. The minimum atomic E-state index is -0.793. The Hall–Kier alpha value is -1.55. The van der Waals surface area contributed by atoms with E-state index in [0.717, 1.165) is 49.9 Å². The third kappa shape index (κ3) is 3.61. The first-order chi connectivity index (χ1) is 10.6. The number of nitrogens with zero attached hydrogens (tertiary/aromatic N) is 1. The maximum absolute atomic E-state index is 11.4. The van der Waals surface area contributed by atoms with E-state index >= 15 is 0 Å². The first-order valence-corrected chi connectivity index (χ1v) is 8.35. The topological polar surface area (TPSA) is 60.8 Å². The van der Waals surface area contributed by atoms with Crippen molar-refractivity contribution in [3.8, 4) is 5.75 Å². The molecule has 0 saturated heterocycles. The molecule has 2 atom stereocenters. The summed E-state index contributed by atoms with van der Waals surface area (Å²) >= 11 is 0. The molecule has 4 nitrogen and oxygen atoms in total. The van der Waals surface area contributed by atoms with Crippen LogP contribution in [0.2, 0.25) is 0 Å². The Morgan fingerprint density at radius 2 is 1.95 bits per heavy atom. The van der Waals surface area contributed by atoms with E-state index in [1.807, 2.05) is 12.1 Å². The second kappa shape index (κ2) is 7.63. The SMILES string of the molecule is CCCN(CCC)C1CCc2cccc(O)c2C1CC(=O)O. The number of carboxylic acids is 1. The maximum atomic E-state index is 11.4. The summed E-state index contributed by atoms with van der Waals surface area (Å²) in [5.74, 6) is -0.666. The monoisotopic (exact) mass is 305 g/mol. The van der Waals surface area contributed by atoms with Crippen LogP contribution in [-0.4, -0.2) is 40.2 Å². The highest BCUT2D eigenvalue weighted by Crippen LogP contribution is 2.41. The zero-order valence-electron chi connectivity index (χ0n) is 13.6. The molecular formula is C18H27NO3. The van der Waals surface area contributed by atoms with Crippen LogP contribution in [0.5, 0.6) is 5.75 Å². The van der Waals surface area contributed by atoms with E-state index in [0.29, 0.717) is 0 Å². The maximum Gasteiger partial charge on any atom is 0.304 e. The molecule has 1 aromatic carbocycles. The van der Waals surface area contributed by atoms with Gasteiger partial charge < -0.3 is 10.2 Å². The summed E-state index contributed by atoms with van der Waals surface area (Å²) in [7, 11) is 0. The average molecular weight is 305 g/mol. The van der Waals surface area contributed by atoms with E-state index in [1.165, 1.54) is 0 Å². The number of carboxylic acid groups (broad SMARTS) is 1. The number of aryl methyl sites for hydroxylation is 1. The minimum absolute atomic E-state index is 0.0825. The highest BCUT2D eigenvalue weighted by Gasteiger charge is 2.36. The summed E-state index contributed by atoms with van der Waals surface area (Å²) in [5, 5.41) is 19.6. The Bertz CT molecular complexity index is 509. The van der Waals surface area contributed by atoms with Crippen LogP contribution in [0.25, 0.3) is 0 Å². The average Bonchev–Trinajstić information content (AvgIpc) is 2.47. The summed E-state index contributed by atoms with van der Waals surface area (Å²) < 4.78 is 0. The summed E-state index contributed by atoms with van der Waals surface area (Å²) in [4.78, 5) is 13.8. The molecular weight excluding hydrogens is 278 g/mol. The molecule has 1 aromatic rings. The number of phenolic OH excluding ortho intramolecular Hbond substituents is 1. The van der Waals surface area contributed by atoms with Gasteiger partial charge in [-0.3, -0.25) is 9.69 Å². The van der Waals surface area contributed by atoms with Crippen molar-refractivity contribution in [1.29, 1.82) is 0 Å². The Morgan fingerprint density at radius 3 is 2.55 bits per heavy atom. The van der Waals surface area contributed by atoms with Gasteiger partial charge in [0.25, 0.3) is 0 Å². The first-order valence-electron chi connectivity index (χ1n) is 8.35. The molecule has 2 N–H and O–H groups in total. The smallest absolute Gasteiger partial charge is 0.304 e. The quantitative estimate of drug-likeness (QED) is 0.810. The van der Waals surface area contributed by atoms with Gasteiger partial charge in [-0.05, 0) is 50.4 Å². The molecule has 0 bridgehead atoms. The van der Waals surface area contributed by atoms with Gasteiger partial charge in [0.1, 0.15) is 5.75 Å². The zero-order chi connectivity index (χ0) is 16.1. The number of benzene rings is 1. The van der Waals surface area contributed by atoms with Crippen LogP contribution in [-0.2, 0) is 11.2 Å². The van der Waals surface area contributed by atoms with Crippen LogP contribution in [0.1, 0.15) is 56.6 Å². The predicted molar refractivity (Wildman–Crippen MR) is 87.4 cm³/mol. The van der Waals surface area contributed by atoms with E-state index in [4.69, 9.17) is 0 Å². The standard InChI is InChI=1S/C18H27NO3/c1-3-10-19(11-4-2)15-9-8-13-6-5-7-16(20)18(13)14(15)12-17(21)22/h5-7,14-15,20H,3-4,8-12H2,1-2H3,(H,21,22). The fourth-order valence-corrected chi connectivity index (χ4v) is 3.82. The summed E-state index contributed by atoms with van der Waals surface area (Å²) in [6.45, 7) is 6.28. The molecule has 0 amide bonds. The van der Waals surface area contributed by atoms with Crippen molar-refractivity contribution >= 4 is 5.97 Å². The molecule has 4 heteroatoms. The largest absolute Gasteiger partial charge is 0.508 e. The van der Waals surface area contributed by atoms with E-state index in [-0.39, 0.29) is 24.1 Å². The van der Waals surface area contributed by atoms with E-state index in [2.05, 4.69) is 18.7 Å². The predicted octanol–water partition coefficient (Wildman–Crippen LogP) is 3.39. The van der Waals surface area contributed by atoms with Crippen LogP contribution in [0, 0.1) is 0 Å². The molecule has 0 aliphatic heterocycles. The molecule has 0 spiro atoms. The lowest BCUT2D eigenvalue weighted by Gasteiger charge is -2.40. The van der Waals surface area contributed by atoms with Crippen molar-refractivity contribution in [3.63, 3.8) is 0 Å². The number of carbonyl (C=O) groups is 1. The number of hydrogen-bond acceptors (Lipinski definition) is 3. The highest BCUT2D eigenvalue weighted by molar-refractivity contribution is 5.69. The summed E-state index contributed by atoms with van der Waals surface area (Å²) in [6.07, 6.45) is 4.08. The molecule has 0 radical (unpaired) electrons. The fourth-order valence-electron chi connectivity index (χ4n) is 3.82. The van der Waals surface area contributed by atoms with Crippen molar-refractivity contribution in [1.82, 2.24) is 4.90 Å². The Kier molecular flexibility index (Phi) is 5.83. The van der Waals surface area contributed by atoms with Gasteiger partial charge in [-0.2, -0.15) is 0 Å². The van der Waals surface area contributed by atoms with Gasteiger partial charge >= 0.3 is 5.97 Å². The molecule has 1 aliphatic carbocycles. The minimum Gasteiger partial charge on any atom is -0.508 e. The second-order valence-corrected chi connectivity index (χ2v) is 6.20. The van der Waals surface area contributed by atoms with Crippen LogP contribution < -0.4 is 0 Å². The van der Waals surface area contributed by atoms with Gasteiger partial charge in [0.15, 0.2) is 0 Å². The lowest BCUT2D eigenvalue weighted by atomic mass is 9.76. The molecule has 22 heavy (non-hydrogen) atoms. The fraction of sp³-hybridized carbons (Fsp3) is 0.611. The van der Waals surface area contributed by atoms with E-state index in [9.17, 15) is 15.0 Å². The third-order valence-electron chi connectivity index (χ3n) is 4.60. The van der Waals surface area contributed by atoms with Gasteiger partial charge in [-0.25, -0.2) is 0 Å². The summed E-state index contributed by atoms with van der Waals surface area (Å²) in [6, 6.07) is 5.75. The Morgan fingerprint density at radius 1 is 1.27 bits per heavy atom. The van der Waals surface area contributed by atoms with Crippen LogP contribution >= 0.6 is 0 Å². The number of hydrogen-bond donors (Lipinski definition) is 2. The van der Waals surface area contributed by atoms with E-state index < -0.39 is 5.97 Å². The van der Waals surface area contributed by atoms with Crippen molar-refractivity contribution in [2.75, 3.05) is 13.1 Å². The second-order valence-electron chi connectivity index (χ2n) is 6.20. The van der Waals surface area contributed by atoms with Crippen molar-refractivity contribution in [2.45, 2.75) is 57.9 Å². The Balaban J connectivity index is 2.37. The lowest BCUT2D eigenvalue weighted by molar-refractivity contribution is -0.138. The van der Waals surface area contributed by atoms with Gasteiger partial charge in [0.2, 0.25) is 0 Å². The third-order valence-corrected chi connectivity index (χ3v) is 4.60. The van der Waals surface area contributed by atoms with Crippen LogP contribution in [0.4, 0.5) is 0 Å². The number of rotatable bonds is 7. The number of aliphatic carboxylic acids is 1. The van der Waals surface area contributed by atoms with E-state index in [1.54, 1.807) is 6.07 Å². The van der Waals surface area contributed by atoms with Gasteiger partial charge in [0.05, 0.1) is 6.42 Å². The molecule has 0 saturated carbocycles. The van der Waals surface area contributed by atoms with Crippen molar-refractivity contribution in [2.24, 2.45) is 0 Å². The number of aromatic hydroxyl groups is 1. The normalized spacial score (nSPS) is 20.9. The highest BCUT2D eigenvalue weighted by atomic mass is 16.4. The number of fused-ring (bicyclic) bond motifs is 1. The molecule has 0 aromatic heterocycles. The van der Waals surface area contributed by atoms with Gasteiger partial charge in [-0.15, -0.1) is 0 Å². The molecule has 2 unspecified atom stereocenters. The summed E-state index contributed by atoms with van der Waals surface area (Å²) in [5.41, 5.74) is 1.97. The molecule has 122 valence electrons. The first kappa shape index (κ1) is 16.8. The Labute approximate surface area is 132 Å². The van der Waals surface area contributed by atoms with Crippen LogP contribution in [0.15, 0.2) is 18.2 Å². The lowest BCUT2D eigenvalue weighted by Crippen LogP contribution is -2.43. The molecule has 2 rings (SSSR count).